The molecule has 0 saturated heterocycles. The molecule has 11 unspecified atom stereocenters. The number of ketones is 1. The highest BCUT2D eigenvalue weighted by molar-refractivity contribution is 5.79. The summed E-state index contributed by atoms with van der Waals surface area (Å²) in [4.78, 5) is 12.1. The van der Waals surface area contributed by atoms with E-state index in [9.17, 15) is 15.0 Å². The Hall–Kier alpha value is -0.410. The fourth-order valence-corrected chi connectivity index (χ4v) is 9.20. The number of fused-ring (bicyclic) bond motifs is 5. The van der Waals surface area contributed by atoms with Gasteiger partial charge >= 0.3 is 0 Å². The van der Waals surface area contributed by atoms with Gasteiger partial charge in [0.1, 0.15) is 5.78 Å². The molecule has 0 spiro atoms. The second-order valence-electron chi connectivity index (χ2n) is 13.1. The maximum Gasteiger partial charge on any atom is 0.133 e. The van der Waals surface area contributed by atoms with Gasteiger partial charge in [-0.2, -0.15) is 0 Å². The molecule has 3 nitrogen and oxygen atoms in total. The van der Waals surface area contributed by atoms with Gasteiger partial charge in [-0.15, -0.1) is 0 Å². The molecular formula is C28H48O3. The Kier molecular flexibility index (Phi) is 6.45. The number of aliphatic hydroxyl groups excluding tert-OH is 2. The summed E-state index contributed by atoms with van der Waals surface area (Å²) in [6, 6.07) is 0. The molecule has 4 saturated carbocycles. The molecule has 0 amide bonds. The van der Waals surface area contributed by atoms with E-state index in [2.05, 4.69) is 41.5 Å². The Morgan fingerprint density at radius 1 is 0.839 bits per heavy atom. The van der Waals surface area contributed by atoms with Crippen LogP contribution < -0.4 is 0 Å². The molecule has 4 aliphatic rings. The van der Waals surface area contributed by atoms with E-state index in [4.69, 9.17) is 0 Å². The summed E-state index contributed by atoms with van der Waals surface area (Å²) in [5.74, 6) is 4.57. The molecule has 0 radical (unpaired) electrons. The molecule has 0 aliphatic heterocycles. The summed E-state index contributed by atoms with van der Waals surface area (Å²) in [5, 5.41) is 22.0. The van der Waals surface area contributed by atoms with Crippen LogP contribution in [0.2, 0.25) is 0 Å². The maximum atomic E-state index is 12.1. The minimum Gasteiger partial charge on any atom is -0.390 e. The van der Waals surface area contributed by atoms with Crippen LogP contribution in [0.4, 0.5) is 0 Å². The minimum atomic E-state index is -0.636. The summed E-state index contributed by atoms with van der Waals surface area (Å²) >= 11 is 0. The highest BCUT2D eigenvalue weighted by atomic mass is 16.3. The molecule has 3 heteroatoms. The average molecular weight is 433 g/mol. The molecule has 4 rings (SSSR count). The Labute approximate surface area is 190 Å². The maximum absolute atomic E-state index is 12.1. The monoisotopic (exact) mass is 432 g/mol. The van der Waals surface area contributed by atoms with Gasteiger partial charge < -0.3 is 10.2 Å². The van der Waals surface area contributed by atoms with Crippen LogP contribution in [-0.2, 0) is 4.79 Å². The van der Waals surface area contributed by atoms with Gasteiger partial charge in [0.2, 0.25) is 0 Å². The smallest absolute Gasteiger partial charge is 0.133 e. The van der Waals surface area contributed by atoms with Crippen LogP contribution in [-0.4, -0.2) is 28.2 Å². The highest BCUT2D eigenvalue weighted by Gasteiger charge is 2.61. The van der Waals surface area contributed by atoms with Crippen LogP contribution in [0, 0.1) is 58.2 Å². The average Bonchev–Trinajstić information content (AvgIpc) is 3.09. The fourth-order valence-electron chi connectivity index (χ4n) is 9.20. The van der Waals surface area contributed by atoms with E-state index in [0.29, 0.717) is 29.0 Å². The number of hydrogen-bond donors (Lipinski definition) is 2. The third-order valence-corrected chi connectivity index (χ3v) is 11.7. The standard InChI is InChI=1S/C28H48O3/c1-16(2)17(3)25(30)26(31)18(4)22-9-10-23-21-8-7-19-15-20(29)11-13-27(19,5)24(21)12-14-28(22,23)6/h16-19,21-26,30-31H,7-15H2,1-6H3. The van der Waals surface area contributed by atoms with Gasteiger partial charge in [-0.1, -0.05) is 41.5 Å². The van der Waals surface area contributed by atoms with Crippen molar-refractivity contribution < 1.29 is 15.0 Å². The van der Waals surface area contributed by atoms with Gasteiger partial charge in [-0.3, -0.25) is 4.79 Å². The zero-order valence-electron chi connectivity index (χ0n) is 20.9. The summed E-state index contributed by atoms with van der Waals surface area (Å²) < 4.78 is 0. The Balaban J connectivity index is 1.51. The SMILES string of the molecule is CC(C)C(C)C(O)C(O)C(C)C1CCC2C3CCC4CC(=O)CCC4(C)C3CCC12C. The van der Waals surface area contributed by atoms with Gasteiger partial charge in [0, 0.05) is 12.8 Å². The first-order valence-corrected chi connectivity index (χ1v) is 13.4. The van der Waals surface area contributed by atoms with Gasteiger partial charge in [-0.05, 0) is 103 Å². The largest absolute Gasteiger partial charge is 0.390 e. The molecular weight excluding hydrogens is 384 g/mol. The van der Waals surface area contributed by atoms with Crippen LogP contribution in [0.15, 0.2) is 0 Å². The summed E-state index contributed by atoms with van der Waals surface area (Å²) in [5.41, 5.74) is 0.653. The fraction of sp³-hybridized carbons (Fsp3) is 0.964. The number of rotatable bonds is 5. The second kappa shape index (κ2) is 8.42. The third-order valence-electron chi connectivity index (χ3n) is 11.7. The summed E-state index contributed by atoms with van der Waals surface area (Å²) in [7, 11) is 0. The third kappa shape index (κ3) is 3.74. The van der Waals surface area contributed by atoms with Crippen LogP contribution in [0.5, 0.6) is 0 Å². The van der Waals surface area contributed by atoms with Crippen LogP contribution in [0.3, 0.4) is 0 Å². The number of hydrogen-bond acceptors (Lipinski definition) is 3. The molecule has 0 aromatic carbocycles. The Morgan fingerprint density at radius 2 is 1.52 bits per heavy atom. The molecule has 4 aliphatic carbocycles. The van der Waals surface area contributed by atoms with E-state index in [0.717, 1.165) is 37.0 Å². The first-order valence-electron chi connectivity index (χ1n) is 13.4. The number of aliphatic hydroxyl groups is 2. The van der Waals surface area contributed by atoms with Crippen molar-refractivity contribution in [2.45, 2.75) is 112 Å². The van der Waals surface area contributed by atoms with Crippen molar-refractivity contribution in [2.75, 3.05) is 0 Å². The highest BCUT2D eigenvalue weighted by Crippen LogP contribution is 2.68. The van der Waals surface area contributed by atoms with Crippen molar-refractivity contribution in [3.63, 3.8) is 0 Å². The minimum absolute atomic E-state index is 0.113. The topological polar surface area (TPSA) is 57.5 Å². The lowest BCUT2D eigenvalue weighted by atomic mass is 9.44. The van der Waals surface area contributed by atoms with Crippen molar-refractivity contribution in [3.8, 4) is 0 Å². The van der Waals surface area contributed by atoms with Crippen molar-refractivity contribution in [1.82, 2.24) is 0 Å². The van der Waals surface area contributed by atoms with E-state index in [-0.39, 0.29) is 17.3 Å². The Bertz CT molecular complexity index is 673. The molecule has 0 heterocycles. The molecule has 31 heavy (non-hydrogen) atoms. The number of carbonyl (C=O) groups excluding carboxylic acids is 1. The van der Waals surface area contributed by atoms with Gasteiger partial charge in [0.15, 0.2) is 0 Å². The van der Waals surface area contributed by atoms with Crippen molar-refractivity contribution in [1.29, 1.82) is 0 Å². The van der Waals surface area contributed by atoms with E-state index >= 15 is 0 Å². The lowest BCUT2D eigenvalue weighted by molar-refractivity contribution is -0.143. The van der Waals surface area contributed by atoms with E-state index in [1.54, 1.807) is 0 Å². The first kappa shape index (κ1) is 23.7. The lowest BCUT2D eigenvalue weighted by Crippen LogP contribution is -2.54. The van der Waals surface area contributed by atoms with E-state index < -0.39 is 12.2 Å². The molecule has 2 N–H and O–H groups in total. The van der Waals surface area contributed by atoms with Gasteiger partial charge in [0.25, 0.3) is 0 Å². The summed E-state index contributed by atoms with van der Waals surface area (Å²) in [6.07, 6.45) is 9.05. The molecule has 11 atom stereocenters. The van der Waals surface area contributed by atoms with Crippen LogP contribution in [0.1, 0.15) is 99.3 Å². The van der Waals surface area contributed by atoms with Gasteiger partial charge in [0.05, 0.1) is 12.2 Å². The zero-order chi connectivity index (χ0) is 22.7. The van der Waals surface area contributed by atoms with E-state index in [1.165, 1.54) is 38.5 Å². The van der Waals surface area contributed by atoms with Crippen LogP contribution >= 0.6 is 0 Å². The van der Waals surface area contributed by atoms with Crippen molar-refractivity contribution in [2.24, 2.45) is 58.2 Å². The van der Waals surface area contributed by atoms with Crippen molar-refractivity contribution in [3.05, 3.63) is 0 Å². The molecule has 4 fully saturated rings. The second-order valence-corrected chi connectivity index (χ2v) is 13.1. The van der Waals surface area contributed by atoms with E-state index in [1.807, 2.05) is 0 Å². The molecule has 0 aromatic heterocycles. The zero-order valence-corrected chi connectivity index (χ0v) is 20.9. The molecule has 0 bridgehead atoms. The van der Waals surface area contributed by atoms with Gasteiger partial charge in [-0.25, -0.2) is 0 Å². The van der Waals surface area contributed by atoms with Crippen LogP contribution in [0.25, 0.3) is 0 Å². The molecule has 178 valence electrons. The van der Waals surface area contributed by atoms with Crippen molar-refractivity contribution >= 4 is 5.78 Å². The quantitative estimate of drug-likeness (QED) is 0.572. The Morgan fingerprint density at radius 3 is 2.19 bits per heavy atom. The number of Topliss-reactive ketones (excluding diaryl/α,β-unsaturated/α-hetero) is 1. The molecule has 0 aromatic rings. The first-order chi connectivity index (χ1) is 14.5. The number of carbonyl (C=O) groups is 1. The lowest BCUT2D eigenvalue weighted by Gasteiger charge is -2.60. The predicted octanol–water partition coefficient (Wildman–Crippen LogP) is 5.86. The normalized spacial score (nSPS) is 46.6. The predicted molar refractivity (Wildman–Crippen MR) is 125 cm³/mol. The summed E-state index contributed by atoms with van der Waals surface area (Å²) in [6.45, 7) is 13.6.